The minimum absolute atomic E-state index is 0.528. The number of hydrogen-bond donors (Lipinski definition) is 1. The van der Waals surface area contributed by atoms with E-state index in [1.165, 1.54) is 25.7 Å². The minimum atomic E-state index is 0.528. The highest BCUT2D eigenvalue weighted by Crippen LogP contribution is 2.26. The van der Waals surface area contributed by atoms with Gasteiger partial charge in [-0.2, -0.15) is 0 Å². The molecular formula is C15H19N3. The Kier molecular flexibility index (Phi) is 3.13. The molecule has 1 aromatic carbocycles. The quantitative estimate of drug-likeness (QED) is 0.872. The van der Waals surface area contributed by atoms with Gasteiger partial charge in [0.05, 0.1) is 5.52 Å². The summed E-state index contributed by atoms with van der Waals surface area (Å²) in [6.07, 6.45) is 7.12. The Labute approximate surface area is 108 Å². The largest absolute Gasteiger partial charge is 0.351 e. The summed E-state index contributed by atoms with van der Waals surface area (Å²) in [6.45, 7) is 2.32. The third kappa shape index (κ3) is 2.30. The van der Waals surface area contributed by atoms with Crippen LogP contribution in [0.2, 0.25) is 0 Å². The summed E-state index contributed by atoms with van der Waals surface area (Å²) in [4.78, 5) is 8.99. The molecule has 18 heavy (non-hydrogen) atoms. The van der Waals surface area contributed by atoms with Gasteiger partial charge in [-0.3, -0.25) is 0 Å². The van der Waals surface area contributed by atoms with Crippen LogP contribution >= 0.6 is 0 Å². The number of benzene rings is 1. The fourth-order valence-corrected chi connectivity index (χ4v) is 2.74. The molecule has 0 amide bonds. The zero-order chi connectivity index (χ0) is 12.4. The first-order valence-corrected chi connectivity index (χ1v) is 6.81. The molecule has 0 saturated heterocycles. The van der Waals surface area contributed by atoms with Gasteiger partial charge >= 0.3 is 0 Å². The smallest absolute Gasteiger partial charge is 0.223 e. The molecule has 1 aliphatic carbocycles. The molecule has 1 saturated carbocycles. The lowest BCUT2D eigenvalue weighted by atomic mass is 9.86. The lowest BCUT2D eigenvalue weighted by Crippen LogP contribution is -2.31. The average Bonchev–Trinajstić information content (AvgIpc) is 2.41. The lowest BCUT2D eigenvalue weighted by Gasteiger charge is -2.29. The van der Waals surface area contributed by atoms with E-state index in [2.05, 4.69) is 22.2 Å². The van der Waals surface area contributed by atoms with Crippen molar-refractivity contribution in [2.24, 2.45) is 5.92 Å². The molecule has 1 aliphatic rings. The number of anilines is 1. The second kappa shape index (κ2) is 4.92. The maximum absolute atomic E-state index is 4.58. The lowest BCUT2D eigenvalue weighted by molar-refractivity contribution is 0.348. The summed E-state index contributed by atoms with van der Waals surface area (Å²) < 4.78 is 0. The molecule has 3 rings (SSSR count). The normalized spacial score (nSPS) is 24.1. The second-order valence-corrected chi connectivity index (χ2v) is 5.26. The molecule has 2 atom stereocenters. The summed E-state index contributed by atoms with van der Waals surface area (Å²) in [5.41, 5.74) is 1.01. The molecule has 0 aliphatic heterocycles. The molecule has 1 heterocycles. The zero-order valence-corrected chi connectivity index (χ0v) is 10.8. The van der Waals surface area contributed by atoms with Crippen molar-refractivity contribution in [1.82, 2.24) is 9.97 Å². The van der Waals surface area contributed by atoms with E-state index in [9.17, 15) is 0 Å². The topological polar surface area (TPSA) is 37.8 Å². The Morgan fingerprint density at radius 2 is 2.00 bits per heavy atom. The summed E-state index contributed by atoms with van der Waals surface area (Å²) in [5, 5.41) is 4.60. The van der Waals surface area contributed by atoms with E-state index in [1.54, 1.807) is 0 Å². The van der Waals surface area contributed by atoms with Gasteiger partial charge in [0.2, 0.25) is 5.95 Å². The highest BCUT2D eigenvalue weighted by molar-refractivity contribution is 5.78. The standard InChI is InChI=1S/C15H19N3/c1-11-6-2-4-8-13(11)17-15-16-10-12-7-3-5-9-14(12)18-15/h3,5,7,9-11,13H,2,4,6,8H2,1H3,(H,16,17,18). The summed E-state index contributed by atoms with van der Waals surface area (Å²) in [6, 6.07) is 8.64. The zero-order valence-electron chi connectivity index (χ0n) is 10.8. The van der Waals surface area contributed by atoms with Gasteiger partial charge in [0, 0.05) is 17.6 Å². The van der Waals surface area contributed by atoms with Gasteiger partial charge in [0.15, 0.2) is 0 Å². The van der Waals surface area contributed by atoms with Crippen molar-refractivity contribution in [1.29, 1.82) is 0 Å². The Hall–Kier alpha value is -1.64. The second-order valence-electron chi connectivity index (χ2n) is 5.26. The van der Waals surface area contributed by atoms with E-state index < -0.39 is 0 Å². The van der Waals surface area contributed by atoms with Crippen molar-refractivity contribution in [2.45, 2.75) is 38.6 Å². The van der Waals surface area contributed by atoms with E-state index in [0.717, 1.165) is 16.9 Å². The van der Waals surface area contributed by atoms with Crippen molar-refractivity contribution >= 4 is 16.9 Å². The highest BCUT2D eigenvalue weighted by atomic mass is 15.1. The predicted octanol–water partition coefficient (Wildman–Crippen LogP) is 3.62. The van der Waals surface area contributed by atoms with Crippen LogP contribution in [0.25, 0.3) is 10.9 Å². The summed E-state index contributed by atoms with van der Waals surface area (Å²) >= 11 is 0. The molecule has 0 bridgehead atoms. The number of fused-ring (bicyclic) bond motifs is 1. The van der Waals surface area contributed by atoms with Crippen molar-refractivity contribution in [2.75, 3.05) is 5.32 Å². The first-order chi connectivity index (χ1) is 8.83. The monoisotopic (exact) mass is 241 g/mol. The number of rotatable bonds is 2. The van der Waals surface area contributed by atoms with Crippen LogP contribution in [0.4, 0.5) is 5.95 Å². The Balaban J connectivity index is 1.81. The van der Waals surface area contributed by atoms with E-state index >= 15 is 0 Å². The van der Waals surface area contributed by atoms with Crippen LogP contribution in [0.5, 0.6) is 0 Å². The maximum Gasteiger partial charge on any atom is 0.223 e. The van der Waals surface area contributed by atoms with Crippen LogP contribution in [0, 0.1) is 5.92 Å². The van der Waals surface area contributed by atoms with E-state index in [4.69, 9.17) is 0 Å². The number of nitrogens with zero attached hydrogens (tertiary/aromatic N) is 2. The van der Waals surface area contributed by atoms with Crippen molar-refractivity contribution in [3.8, 4) is 0 Å². The molecule has 1 fully saturated rings. The fourth-order valence-electron chi connectivity index (χ4n) is 2.74. The molecule has 94 valence electrons. The van der Waals surface area contributed by atoms with Crippen LogP contribution in [-0.2, 0) is 0 Å². The molecule has 0 spiro atoms. The Morgan fingerprint density at radius 1 is 1.17 bits per heavy atom. The number of nitrogens with one attached hydrogen (secondary N) is 1. The summed E-state index contributed by atoms with van der Waals surface area (Å²) in [7, 11) is 0. The molecule has 3 heteroatoms. The van der Waals surface area contributed by atoms with Gasteiger partial charge < -0.3 is 5.32 Å². The minimum Gasteiger partial charge on any atom is -0.351 e. The Morgan fingerprint density at radius 3 is 2.89 bits per heavy atom. The number of hydrogen-bond acceptors (Lipinski definition) is 3. The maximum atomic E-state index is 4.58. The van der Waals surface area contributed by atoms with Gasteiger partial charge in [-0.25, -0.2) is 9.97 Å². The van der Waals surface area contributed by atoms with Crippen molar-refractivity contribution < 1.29 is 0 Å². The van der Waals surface area contributed by atoms with Crippen molar-refractivity contribution in [3.63, 3.8) is 0 Å². The van der Waals surface area contributed by atoms with Crippen LogP contribution in [-0.4, -0.2) is 16.0 Å². The molecular weight excluding hydrogens is 222 g/mol. The third-order valence-corrected chi connectivity index (χ3v) is 3.92. The average molecular weight is 241 g/mol. The number of para-hydroxylation sites is 1. The molecule has 1 aromatic heterocycles. The van der Waals surface area contributed by atoms with E-state index in [1.807, 2.05) is 30.5 Å². The first-order valence-electron chi connectivity index (χ1n) is 6.81. The van der Waals surface area contributed by atoms with Crippen LogP contribution < -0.4 is 5.32 Å². The first kappa shape index (κ1) is 11.5. The van der Waals surface area contributed by atoms with Crippen LogP contribution in [0.15, 0.2) is 30.5 Å². The third-order valence-electron chi connectivity index (χ3n) is 3.92. The van der Waals surface area contributed by atoms with Gasteiger partial charge in [-0.15, -0.1) is 0 Å². The van der Waals surface area contributed by atoms with Crippen LogP contribution in [0.3, 0.4) is 0 Å². The fraction of sp³-hybridized carbons (Fsp3) is 0.467. The van der Waals surface area contributed by atoms with Crippen LogP contribution in [0.1, 0.15) is 32.6 Å². The van der Waals surface area contributed by atoms with E-state index in [-0.39, 0.29) is 0 Å². The number of aromatic nitrogens is 2. The molecule has 1 N–H and O–H groups in total. The van der Waals surface area contributed by atoms with Gasteiger partial charge in [-0.05, 0) is 24.8 Å². The van der Waals surface area contributed by atoms with Gasteiger partial charge in [0.25, 0.3) is 0 Å². The van der Waals surface area contributed by atoms with Gasteiger partial charge in [-0.1, -0.05) is 38.0 Å². The molecule has 0 radical (unpaired) electrons. The SMILES string of the molecule is CC1CCCCC1Nc1ncc2ccccc2n1. The van der Waals surface area contributed by atoms with Gasteiger partial charge in [0.1, 0.15) is 0 Å². The highest BCUT2D eigenvalue weighted by Gasteiger charge is 2.21. The summed E-state index contributed by atoms with van der Waals surface area (Å²) in [5.74, 6) is 1.49. The Bertz CT molecular complexity index is 538. The predicted molar refractivity (Wildman–Crippen MR) is 74.6 cm³/mol. The molecule has 2 unspecified atom stereocenters. The van der Waals surface area contributed by atoms with E-state index in [0.29, 0.717) is 12.0 Å². The molecule has 2 aromatic rings. The van der Waals surface area contributed by atoms with Crippen molar-refractivity contribution in [3.05, 3.63) is 30.5 Å². The molecule has 3 nitrogen and oxygen atoms in total.